The minimum absolute atomic E-state index is 0. The molecule has 2 N–H and O–H groups in total. The molecule has 0 spiro atoms. The monoisotopic (exact) mass is 894 g/mol. The summed E-state index contributed by atoms with van der Waals surface area (Å²) in [5.41, 5.74) is 9.60. The number of ether oxygens (including phenoxy) is 2. The summed E-state index contributed by atoms with van der Waals surface area (Å²) in [5.74, 6) is -0.714. The van der Waals surface area contributed by atoms with Gasteiger partial charge in [0.05, 0.1) is 18.9 Å². The van der Waals surface area contributed by atoms with Crippen LogP contribution in [0.15, 0.2) is 47.9 Å². The van der Waals surface area contributed by atoms with Crippen LogP contribution in [-0.2, 0) is 70.0 Å². The molecule has 0 unspecified atom stereocenters. The van der Waals surface area contributed by atoms with Gasteiger partial charge in [0.2, 0.25) is 17.3 Å². The summed E-state index contributed by atoms with van der Waals surface area (Å²) >= 11 is 20.0. The van der Waals surface area contributed by atoms with Gasteiger partial charge in [0.1, 0.15) is 11.3 Å². The molecule has 10 nitrogen and oxygen atoms in total. The number of nitrogens with two attached hydrogens (primary N) is 1. The maximum absolute atomic E-state index is 10.0. The van der Waals surface area contributed by atoms with Crippen molar-refractivity contribution in [1.29, 1.82) is 5.26 Å². The van der Waals surface area contributed by atoms with E-state index in [-0.39, 0.29) is 97.9 Å². The number of allylic oxidation sites excluding steroid dienone is 1. The predicted molar refractivity (Wildman–Crippen MR) is 201 cm³/mol. The molecule has 1 radical (unpaired) electrons. The molecule has 0 fully saturated rings. The molecule has 46 heavy (non-hydrogen) atoms. The molecule has 0 saturated carbocycles. The molecule has 0 atom stereocenters. The number of anilines is 1. The molecule has 1 rings (SSSR count). The van der Waals surface area contributed by atoms with E-state index in [2.05, 4.69) is 35.5 Å². The fourth-order valence-corrected chi connectivity index (χ4v) is 2.09. The minimum Gasteiger partial charge on any atom is -0.464 e. The van der Waals surface area contributed by atoms with Gasteiger partial charge in [-0.1, -0.05) is 101 Å². The fraction of sp³-hybridized carbons (Fsp3) is 0.444. The van der Waals surface area contributed by atoms with Crippen molar-refractivity contribution in [2.24, 2.45) is 0 Å². The third-order valence-corrected chi connectivity index (χ3v) is 3.63. The minimum atomic E-state index is -3.64. The van der Waals surface area contributed by atoms with Crippen LogP contribution in [0.25, 0.3) is 6.08 Å². The van der Waals surface area contributed by atoms with Crippen molar-refractivity contribution in [3.8, 4) is 6.07 Å². The Kier molecular flexibility index (Phi) is 111. The number of nitriles is 1. The smallest absolute Gasteiger partial charge is 0.260 e. The second-order valence-electron chi connectivity index (χ2n) is 4.84. The maximum Gasteiger partial charge on any atom is 0.260 e. The van der Waals surface area contributed by atoms with E-state index in [1.807, 2.05) is 26.0 Å². The Morgan fingerprint density at radius 1 is 0.935 bits per heavy atom. The molecular weight excluding hydrogens is 846 g/mol. The first-order valence-electron chi connectivity index (χ1n) is 9.36. The molecule has 19 heteroatoms. The van der Waals surface area contributed by atoms with Crippen molar-refractivity contribution in [3.63, 3.8) is 0 Å². The number of nitrogens with zero attached hydrogens (tertiary/aromatic N) is 1. The van der Waals surface area contributed by atoms with E-state index in [9.17, 15) is 18.0 Å². The average Bonchev–Trinajstić information content (AvgIpc) is 2.85. The molecule has 0 aliphatic heterocycles. The second-order valence-corrected chi connectivity index (χ2v) is 9.55. The average molecular weight is 897 g/mol. The van der Waals surface area contributed by atoms with E-state index in [1.54, 1.807) is 24.3 Å². The van der Waals surface area contributed by atoms with Gasteiger partial charge in [-0.2, -0.15) is 11.6 Å². The van der Waals surface area contributed by atoms with Crippen molar-refractivity contribution in [2.75, 3.05) is 18.5 Å². The molecule has 1 aromatic carbocycles. The summed E-state index contributed by atoms with van der Waals surface area (Å²) in [6.45, 7) is 4.12. The number of carbonyl (C=O) groups excluding carboxylic acids is 2. The third kappa shape index (κ3) is 90.3. The van der Waals surface area contributed by atoms with Gasteiger partial charge < -0.3 is 15.2 Å². The van der Waals surface area contributed by atoms with Gasteiger partial charge in [-0.05, 0) is 40.0 Å². The predicted octanol–water partition coefficient (Wildman–Crippen LogP) is 11.7. The van der Waals surface area contributed by atoms with Crippen molar-refractivity contribution >= 4 is 110 Å². The summed E-state index contributed by atoms with van der Waals surface area (Å²) in [4.78, 5) is 23.4. The van der Waals surface area contributed by atoms with Crippen LogP contribution < -0.4 is 5.73 Å². The first kappa shape index (κ1) is 80.4. The molecule has 275 valence electrons. The number of hydrogen-bond donors (Lipinski definition) is 1. The normalized spacial score (nSPS) is 8.15. The zero-order chi connectivity index (χ0) is 30.2. The first-order valence-corrected chi connectivity index (χ1v) is 15.0. The van der Waals surface area contributed by atoms with Gasteiger partial charge >= 0.3 is 0 Å². The number of halogens is 6. The van der Waals surface area contributed by atoms with Gasteiger partial charge in [0, 0.05) is 60.1 Å². The van der Waals surface area contributed by atoms with E-state index >= 15 is 0 Å². The van der Waals surface area contributed by atoms with Crippen molar-refractivity contribution in [1.82, 2.24) is 0 Å². The molecule has 0 aromatic heterocycles. The van der Waals surface area contributed by atoms with Crippen molar-refractivity contribution in [2.45, 2.75) is 72.3 Å². The van der Waals surface area contributed by atoms with Crippen LogP contribution in [0.2, 0.25) is 0 Å². The van der Waals surface area contributed by atoms with Crippen LogP contribution in [-0.4, -0.2) is 31.6 Å². The number of hydrogen-bond acceptors (Lipinski definition) is 11. The molecule has 0 heterocycles. The van der Waals surface area contributed by atoms with E-state index in [0.717, 1.165) is 11.3 Å². The van der Waals surface area contributed by atoms with E-state index in [4.69, 9.17) is 68.1 Å². The van der Waals surface area contributed by atoms with Crippen LogP contribution in [0, 0.1) is 17.4 Å². The van der Waals surface area contributed by atoms with E-state index in [0.29, 0.717) is 11.3 Å². The molecule has 0 saturated heterocycles. The van der Waals surface area contributed by atoms with Crippen LogP contribution >= 0.6 is 79.0 Å². The Hall–Kier alpha value is -0.266. The van der Waals surface area contributed by atoms with Crippen molar-refractivity contribution < 1.29 is 69.4 Å². The molecule has 0 bridgehead atoms. The van der Waals surface area contributed by atoms with Gasteiger partial charge in [0.15, 0.2) is 5.94 Å². The zero-order valence-electron chi connectivity index (χ0n) is 20.3. The van der Waals surface area contributed by atoms with Crippen LogP contribution in [0.3, 0.4) is 0 Å². The Labute approximate surface area is 338 Å². The summed E-state index contributed by atoms with van der Waals surface area (Å²) < 4.78 is 33.2. The second kappa shape index (κ2) is 63.4. The van der Waals surface area contributed by atoms with E-state index in [1.165, 1.54) is 23.6 Å². The Balaban J connectivity index is -0.0000000314. The van der Waals surface area contributed by atoms with Crippen molar-refractivity contribution in [3.05, 3.63) is 59.5 Å². The number of nitrogen functional groups attached to an aromatic ring is 1. The number of benzene rings is 1. The zero-order valence-corrected chi connectivity index (χ0v) is 29.3. The Bertz CT molecular complexity index is 946. The first-order chi connectivity index (χ1) is 17.9. The summed E-state index contributed by atoms with van der Waals surface area (Å²) in [7, 11) is 5.90. The van der Waals surface area contributed by atoms with Gasteiger partial charge in [-0.15, -0.1) is 16.5 Å². The largest absolute Gasteiger partial charge is 0.464 e. The van der Waals surface area contributed by atoms with Crippen LogP contribution in [0.4, 0.5) is 5.69 Å². The summed E-state index contributed by atoms with van der Waals surface area (Å²) in [6, 6.07) is 9.03. The quantitative estimate of drug-likeness (QED) is 0.0193. The fourth-order valence-electron chi connectivity index (χ4n) is 1.10. The Morgan fingerprint density at radius 3 is 1.59 bits per heavy atom. The van der Waals surface area contributed by atoms with Crippen LogP contribution in [0.1, 0.15) is 77.8 Å². The molecule has 0 amide bonds. The van der Waals surface area contributed by atoms with E-state index < -0.39 is 25.5 Å². The standard InChI is InChI=1S/C9H7N2.C5H6Cl2O2.C3H2Cl2O2.C2H6.CH2Cl2O4S2.7CH4.Y/c10-7-1-2-8-3-5-9(11)6-4-8;6-1-3-8-5-9-4-2-7;4-2(6)1-3(5)7;1-2;2-8-7-6-1-9(3,4)5;;;;;;;;/h2-6H,11H2;1-4H,5H2;1H2;1-2H3;1H2;7*1H4;/q-1;;;;;;;;;;;;. The van der Waals surface area contributed by atoms with Gasteiger partial charge in [0.25, 0.3) is 9.05 Å². The number of rotatable bonds is 11. The maximum atomic E-state index is 10.0. The number of carbonyl (C=O) groups is 2. The Morgan fingerprint density at radius 2 is 1.33 bits per heavy atom. The van der Waals surface area contributed by atoms with Gasteiger partial charge in [-0.25, -0.2) is 24.6 Å². The summed E-state index contributed by atoms with van der Waals surface area (Å²) in [5, 5.41) is 6.72. The molecule has 0 aliphatic rings. The van der Waals surface area contributed by atoms with Gasteiger partial charge in [-0.3, -0.25) is 9.59 Å². The molecular formula is C27H51Cl6N2O8S2Y-. The topological polar surface area (TPSA) is 155 Å². The van der Waals surface area contributed by atoms with Crippen LogP contribution in [0.5, 0.6) is 0 Å². The molecule has 0 aliphatic carbocycles. The summed E-state index contributed by atoms with van der Waals surface area (Å²) in [6.07, 6.45) is 6.27. The third-order valence-electron chi connectivity index (χ3n) is 2.21. The SMILES string of the molecule is C.C.C.C.C.C.C.CC.ClC=COCOC=CCl.N#C[C-]=Cc1ccc(N)cc1.O=C(Cl)CC(=O)Cl.O=S(=O)(Cl)COOSCl.[Y]. The molecule has 1 aromatic rings.